The van der Waals surface area contributed by atoms with Gasteiger partial charge in [-0.1, -0.05) is 19.1 Å². The highest BCUT2D eigenvalue weighted by molar-refractivity contribution is 7.14. The Morgan fingerprint density at radius 2 is 1.92 bits per heavy atom. The van der Waals surface area contributed by atoms with Gasteiger partial charge >= 0.3 is 5.97 Å². The number of nitrogens with one attached hydrogen (secondary N) is 1. The second-order valence-electron chi connectivity index (χ2n) is 5.68. The summed E-state index contributed by atoms with van der Waals surface area (Å²) >= 11 is 1.42. The fourth-order valence-corrected chi connectivity index (χ4v) is 3.32. The number of ether oxygens (including phenoxy) is 2. The summed E-state index contributed by atoms with van der Waals surface area (Å²) in [5, 5.41) is 2.77. The molecule has 1 aromatic carbocycles. The Morgan fingerprint density at radius 1 is 1.24 bits per heavy atom. The van der Waals surface area contributed by atoms with Crippen molar-refractivity contribution in [3.05, 3.63) is 51.2 Å². The van der Waals surface area contributed by atoms with Crippen LogP contribution in [0.5, 0.6) is 5.75 Å². The number of carbonyl (C=O) groups is 2. The number of esters is 1. The van der Waals surface area contributed by atoms with Crippen LogP contribution in [0.15, 0.2) is 30.3 Å². The molecule has 25 heavy (non-hydrogen) atoms. The summed E-state index contributed by atoms with van der Waals surface area (Å²) < 4.78 is 10.4. The smallest absolute Gasteiger partial charge is 0.349 e. The molecule has 1 N–H and O–H groups in total. The summed E-state index contributed by atoms with van der Waals surface area (Å²) in [5.74, 6) is -0.0249. The van der Waals surface area contributed by atoms with E-state index in [1.807, 2.05) is 44.2 Å². The van der Waals surface area contributed by atoms with Gasteiger partial charge in [0.15, 0.2) is 6.10 Å². The Hall–Kier alpha value is -2.34. The van der Waals surface area contributed by atoms with Crippen LogP contribution in [0.2, 0.25) is 0 Å². The van der Waals surface area contributed by atoms with Crippen LogP contribution in [-0.4, -0.2) is 25.1 Å². The van der Waals surface area contributed by atoms with Crippen molar-refractivity contribution in [1.82, 2.24) is 5.32 Å². The molecule has 1 heterocycles. The zero-order valence-electron chi connectivity index (χ0n) is 14.9. The van der Waals surface area contributed by atoms with Crippen molar-refractivity contribution in [3.63, 3.8) is 0 Å². The van der Waals surface area contributed by atoms with E-state index in [1.165, 1.54) is 11.3 Å². The van der Waals surface area contributed by atoms with Gasteiger partial charge in [-0.25, -0.2) is 4.79 Å². The van der Waals surface area contributed by atoms with Crippen LogP contribution >= 0.6 is 11.3 Å². The molecule has 0 bridgehead atoms. The zero-order chi connectivity index (χ0) is 18.4. The van der Waals surface area contributed by atoms with Crippen LogP contribution in [0.1, 0.15) is 39.5 Å². The van der Waals surface area contributed by atoms with Gasteiger partial charge in [0.25, 0.3) is 5.91 Å². The Labute approximate surface area is 152 Å². The van der Waals surface area contributed by atoms with Crippen LogP contribution in [-0.2, 0) is 22.5 Å². The number of hydrogen-bond acceptors (Lipinski definition) is 5. The van der Waals surface area contributed by atoms with Crippen molar-refractivity contribution in [3.8, 4) is 5.75 Å². The average molecular weight is 361 g/mol. The standard InChI is InChI=1S/C19H23NO4S/c1-5-16-12(2)10-17(25-16)19(22)24-13(3)18(21)20-11-14-6-8-15(23-4)9-7-14/h6-10,13H,5,11H2,1-4H3,(H,20,21)/t13-/m0/s1. The van der Waals surface area contributed by atoms with Gasteiger partial charge in [-0.15, -0.1) is 11.3 Å². The first-order chi connectivity index (χ1) is 11.9. The number of aryl methyl sites for hydroxylation is 2. The minimum atomic E-state index is -0.849. The van der Waals surface area contributed by atoms with Crippen molar-refractivity contribution in [1.29, 1.82) is 0 Å². The maximum absolute atomic E-state index is 12.2. The van der Waals surface area contributed by atoms with E-state index in [0.717, 1.165) is 28.2 Å². The molecule has 0 spiro atoms. The normalized spacial score (nSPS) is 11.7. The lowest BCUT2D eigenvalue weighted by molar-refractivity contribution is -0.129. The van der Waals surface area contributed by atoms with Crippen LogP contribution in [0, 0.1) is 6.92 Å². The number of rotatable bonds is 7. The summed E-state index contributed by atoms with van der Waals surface area (Å²) in [6.07, 6.45) is 0.0278. The van der Waals surface area contributed by atoms with E-state index in [9.17, 15) is 9.59 Å². The molecule has 2 rings (SSSR count). The maximum atomic E-state index is 12.2. The predicted octanol–water partition coefficient (Wildman–Crippen LogP) is 3.49. The van der Waals surface area contributed by atoms with Gasteiger partial charge in [-0.3, -0.25) is 4.79 Å². The largest absolute Gasteiger partial charge is 0.497 e. The fraction of sp³-hybridized carbons (Fsp3) is 0.368. The number of benzene rings is 1. The molecule has 0 aliphatic heterocycles. The zero-order valence-corrected chi connectivity index (χ0v) is 15.7. The van der Waals surface area contributed by atoms with E-state index in [2.05, 4.69) is 5.32 Å². The lowest BCUT2D eigenvalue weighted by Crippen LogP contribution is -2.35. The van der Waals surface area contributed by atoms with Crippen molar-refractivity contribution in [2.24, 2.45) is 0 Å². The molecule has 0 aliphatic rings. The topological polar surface area (TPSA) is 64.6 Å². The highest BCUT2D eigenvalue weighted by Crippen LogP contribution is 2.23. The molecule has 0 aliphatic carbocycles. The Balaban J connectivity index is 1.87. The number of methoxy groups -OCH3 is 1. The molecule has 1 amide bonds. The number of hydrogen-bond donors (Lipinski definition) is 1. The van der Waals surface area contributed by atoms with Crippen molar-refractivity contribution < 1.29 is 19.1 Å². The van der Waals surface area contributed by atoms with Gasteiger partial charge < -0.3 is 14.8 Å². The minimum Gasteiger partial charge on any atom is -0.497 e. The fourth-order valence-electron chi connectivity index (χ4n) is 2.32. The molecule has 0 unspecified atom stereocenters. The molecular formula is C19H23NO4S. The highest BCUT2D eigenvalue weighted by Gasteiger charge is 2.20. The minimum absolute atomic E-state index is 0.326. The molecule has 0 fully saturated rings. The Bertz CT molecular complexity index is 736. The summed E-state index contributed by atoms with van der Waals surface area (Å²) in [6.45, 7) is 5.95. The second-order valence-corrected chi connectivity index (χ2v) is 6.82. The quantitative estimate of drug-likeness (QED) is 0.767. The monoisotopic (exact) mass is 361 g/mol. The van der Waals surface area contributed by atoms with E-state index in [-0.39, 0.29) is 5.91 Å². The van der Waals surface area contributed by atoms with Gasteiger partial charge in [0, 0.05) is 11.4 Å². The first kappa shape index (κ1) is 19.0. The number of amides is 1. The van der Waals surface area contributed by atoms with Crippen molar-refractivity contribution in [2.45, 2.75) is 39.8 Å². The molecule has 5 nitrogen and oxygen atoms in total. The van der Waals surface area contributed by atoms with E-state index in [1.54, 1.807) is 14.0 Å². The van der Waals surface area contributed by atoms with Crippen molar-refractivity contribution in [2.75, 3.05) is 7.11 Å². The van der Waals surface area contributed by atoms with Crippen molar-refractivity contribution >= 4 is 23.2 Å². The summed E-state index contributed by atoms with van der Waals surface area (Å²) in [7, 11) is 1.60. The maximum Gasteiger partial charge on any atom is 0.349 e. The summed E-state index contributed by atoms with van der Waals surface area (Å²) in [6, 6.07) is 9.21. The SMILES string of the molecule is CCc1sc(C(=O)O[C@@H](C)C(=O)NCc2ccc(OC)cc2)cc1C. The molecule has 0 saturated heterocycles. The summed E-state index contributed by atoms with van der Waals surface area (Å²) in [4.78, 5) is 26.0. The van der Waals surface area contributed by atoms with Crippen LogP contribution in [0.4, 0.5) is 0 Å². The predicted molar refractivity (Wildman–Crippen MR) is 98.2 cm³/mol. The van der Waals surface area contributed by atoms with Gasteiger partial charge in [-0.2, -0.15) is 0 Å². The molecule has 134 valence electrons. The molecular weight excluding hydrogens is 338 g/mol. The van der Waals surface area contributed by atoms with Gasteiger partial charge in [0.2, 0.25) is 0 Å². The molecule has 1 atom stereocenters. The van der Waals surface area contributed by atoms with Crippen LogP contribution < -0.4 is 10.1 Å². The molecule has 2 aromatic rings. The average Bonchev–Trinajstić information content (AvgIpc) is 3.01. The Kier molecular flexibility index (Phi) is 6.58. The molecule has 6 heteroatoms. The molecule has 0 radical (unpaired) electrons. The second kappa shape index (κ2) is 8.67. The van der Waals surface area contributed by atoms with Gasteiger partial charge in [-0.05, 0) is 49.6 Å². The van der Waals surface area contributed by atoms with E-state index >= 15 is 0 Å². The third kappa shape index (κ3) is 5.06. The third-order valence-electron chi connectivity index (χ3n) is 3.82. The van der Waals surface area contributed by atoms with Crippen LogP contribution in [0.25, 0.3) is 0 Å². The molecule has 0 saturated carbocycles. The van der Waals surface area contributed by atoms with E-state index in [0.29, 0.717) is 11.4 Å². The lowest BCUT2D eigenvalue weighted by atomic mass is 10.2. The summed E-state index contributed by atoms with van der Waals surface area (Å²) in [5.41, 5.74) is 2.02. The van der Waals surface area contributed by atoms with Crippen LogP contribution in [0.3, 0.4) is 0 Å². The highest BCUT2D eigenvalue weighted by atomic mass is 32.1. The number of thiophene rings is 1. The Morgan fingerprint density at radius 3 is 2.48 bits per heavy atom. The third-order valence-corrected chi connectivity index (χ3v) is 5.18. The first-order valence-corrected chi connectivity index (χ1v) is 8.97. The van der Waals surface area contributed by atoms with E-state index in [4.69, 9.17) is 9.47 Å². The number of carbonyl (C=O) groups excluding carboxylic acids is 2. The lowest BCUT2D eigenvalue weighted by Gasteiger charge is -2.13. The first-order valence-electron chi connectivity index (χ1n) is 8.15. The van der Waals surface area contributed by atoms with Gasteiger partial charge in [0.05, 0.1) is 7.11 Å². The van der Waals surface area contributed by atoms with Gasteiger partial charge in [0.1, 0.15) is 10.6 Å². The molecule has 1 aromatic heterocycles. The van der Waals surface area contributed by atoms with E-state index < -0.39 is 12.1 Å².